The van der Waals surface area contributed by atoms with Gasteiger partial charge in [0.1, 0.15) is 0 Å². The third kappa shape index (κ3) is 1.63. The summed E-state index contributed by atoms with van der Waals surface area (Å²) in [6.45, 7) is 3.98. The third-order valence-corrected chi connectivity index (χ3v) is 2.77. The van der Waals surface area contributed by atoms with Crippen LogP contribution >= 0.6 is 0 Å². The summed E-state index contributed by atoms with van der Waals surface area (Å²) in [6.07, 6.45) is 0. The van der Waals surface area contributed by atoms with Crippen LogP contribution < -0.4 is 0 Å². The molecule has 2 aromatic rings. The van der Waals surface area contributed by atoms with Crippen molar-refractivity contribution in [2.75, 3.05) is 0 Å². The van der Waals surface area contributed by atoms with E-state index in [2.05, 4.69) is 0 Å². The summed E-state index contributed by atoms with van der Waals surface area (Å²) in [5.74, 6) is -0.139. The number of phenolic OH excluding ortho intramolecular Hbond substituents is 2. The monoisotopic (exact) mass is 214 g/mol. The molecule has 0 aliphatic heterocycles. The zero-order valence-electron chi connectivity index (χ0n) is 9.36. The topological polar surface area (TPSA) is 40.5 Å². The maximum absolute atomic E-state index is 9.85. The first-order chi connectivity index (χ1) is 7.61. The van der Waals surface area contributed by atoms with Gasteiger partial charge in [-0.25, -0.2) is 0 Å². The Morgan fingerprint density at radius 2 is 1.38 bits per heavy atom. The number of hydrogen-bond acceptors (Lipinski definition) is 2. The Morgan fingerprint density at radius 1 is 0.812 bits per heavy atom. The molecule has 2 nitrogen and oxygen atoms in total. The van der Waals surface area contributed by atoms with Crippen molar-refractivity contribution < 1.29 is 10.2 Å². The molecule has 0 aliphatic carbocycles. The minimum Gasteiger partial charge on any atom is -0.504 e. The van der Waals surface area contributed by atoms with Crippen LogP contribution in [-0.2, 0) is 0 Å². The van der Waals surface area contributed by atoms with Crippen molar-refractivity contribution in [1.82, 2.24) is 0 Å². The highest BCUT2D eigenvalue weighted by molar-refractivity contribution is 5.77. The molecule has 0 amide bonds. The fourth-order valence-corrected chi connectivity index (χ4v) is 1.97. The summed E-state index contributed by atoms with van der Waals surface area (Å²) in [5.41, 5.74) is 3.83. The van der Waals surface area contributed by atoms with E-state index in [9.17, 15) is 10.2 Å². The first-order valence-electron chi connectivity index (χ1n) is 5.19. The molecule has 16 heavy (non-hydrogen) atoms. The smallest absolute Gasteiger partial charge is 0.165 e. The van der Waals surface area contributed by atoms with Crippen LogP contribution in [0.4, 0.5) is 0 Å². The second kappa shape index (κ2) is 3.89. The molecule has 82 valence electrons. The van der Waals surface area contributed by atoms with Crippen LogP contribution in [-0.4, -0.2) is 10.2 Å². The van der Waals surface area contributed by atoms with Crippen molar-refractivity contribution in [1.29, 1.82) is 0 Å². The second-order valence-corrected chi connectivity index (χ2v) is 3.94. The molecule has 0 fully saturated rings. The number of aryl methyl sites for hydroxylation is 2. The number of benzene rings is 2. The van der Waals surface area contributed by atoms with Gasteiger partial charge in [0.25, 0.3) is 0 Å². The van der Waals surface area contributed by atoms with E-state index in [0.717, 1.165) is 16.7 Å². The Morgan fingerprint density at radius 3 is 2.00 bits per heavy atom. The van der Waals surface area contributed by atoms with E-state index in [-0.39, 0.29) is 11.5 Å². The van der Waals surface area contributed by atoms with E-state index in [4.69, 9.17) is 0 Å². The molecule has 0 saturated carbocycles. The molecule has 0 aromatic heterocycles. The van der Waals surface area contributed by atoms with Crippen LogP contribution in [0.5, 0.6) is 11.5 Å². The van der Waals surface area contributed by atoms with Gasteiger partial charge in [-0.15, -0.1) is 0 Å². The number of phenols is 2. The van der Waals surface area contributed by atoms with Crippen LogP contribution in [0.15, 0.2) is 36.4 Å². The molecule has 2 N–H and O–H groups in total. The quantitative estimate of drug-likeness (QED) is 0.714. The highest BCUT2D eigenvalue weighted by Gasteiger charge is 2.11. The lowest BCUT2D eigenvalue weighted by molar-refractivity contribution is 0.405. The van der Waals surface area contributed by atoms with Gasteiger partial charge in [-0.1, -0.05) is 30.3 Å². The predicted octanol–water partition coefficient (Wildman–Crippen LogP) is 3.38. The van der Waals surface area contributed by atoms with Gasteiger partial charge in [0.2, 0.25) is 0 Å². The SMILES string of the molecule is Cc1cccc(C)c1-c1cccc(O)c1O. The van der Waals surface area contributed by atoms with Crippen LogP contribution in [0.25, 0.3) is 11.1 Å². The molecule has 2 aromatic carbocycles. The van der Waals surface area contributed by atoms with Gasteiger partial charge in [-0.3, -0.25) is 0 Å². The average Bonchev–Trinajstić information content (AvgIpc) is 2.24. The van der Waals surface area contributed by atoms with E-state index in [1.807, 2.05) is 38.1 Å². The normalized spacial score (nSPS) is 10.4. The predicted molar refractivity (Wildman–Crippen MR) is 64.7 cm³/mol. The molecule has 0 heterocycles. The van der Waals surface area contributed by atoms with Gasteiger partial charge >= 0.3 is 0 Å². The van der Waals surface area contributed by atoms with E-state index in [1.165, 1.54) is 6.07 Å². The fraction of sp³-hybridized carbons (Fsp3) is 0.143. The standard InChI is InChI=1S/C14H14O2/c1-9-5-3-6-10(2)13(9)11-7-4-8-12(15)14(11)16/h3-8,15-16H,1-2H3. The summed E-state index contributed by atoms with van der Waals surface area (Å²) < 4.78 is 0. The number of para-hydroxylation sites is 1. The zero-order valence-corrected chi connectivity index (χ0v) is 9.36. The molecule has 0 saturated heterocycles. The van der Waals surface area contributed by atoms with Crippen LogP contribution in [0.2, 0.25) is 0 Å². The average molecular weight is 214 g/mol. The van der Waals surface area contributed by atoms with Crippen molar-refractivity contribution in [3.8, 4) is 22.6 Å². The Labute approximate surface area is 94.8 Å². The second-order valence-electron chi connectivity index (χ2n) is 3.94. The largest absolute Gasteiger partial charge is 0.504 e. The van der Waals surface area contributed by atoms with Crippen LogP contribution in [0.1, 0.15) is 11.1 Å². The lowest BCUT2D eigenvalue weighted by Gasteiger charge is -2.12. The van der Waals surface area contributed by atoms with Crippen molar-refractivity contribution >= 4 is 0 Å². The lowest BCUT2D eigenvalue weighted by atomic mass is 9.95. The molecule has 0 bridgehead atoms. The maximum Gasteiger partial charge on any atom is 0.165 e. The summed E-state index contributed by atoms with van der Waals surface area (Å²) in [5, 5.41) is 19.3. The molecule has 2 heteroatoms. The van der Waals surface area contributed by atoms with Crippen LogP contribution in [0.3, 0.4) is 0 Å². The van der Waals surface area contributed by atoms with E-state index >= 15 is 0 Å². The van der Waals surface area contributed by atoms with Crippen molar-refractivity contribution in [3.05, 3.63) is 47.5 Å². The minimum atomic E-state index is -0.0832. The Bertz CT molecular complexity index is 510. The van der Waals surface area contributed by atoms with Gasteiger partial charge in [0.15, 0.2) is 11.5 Å². The molecule has 0 radical (unpaired) electrons. The third-order valence-electron chi connectivity index (χ3n) is 2.77. The molecule has 2 rings (SSSR count). The Hall–Kier alpha value is -1.96. The van der Waals surface area contributed by atoms with Gasteiger partial charge in [-0.05, 0) is 36.6 Å². The molecular formula is C14H14O2. The number of rotatable bonds is 1. The highest BCUT2D eigenvalue weighted by atomic mass is 16.3. The first-order valence-corrected chi connectivity index (χ1v) is 5.19. The molecule has 0 unspecified atom stereocenters. The van der Waals surface area contributed by atoms with Crippen LogP contribution in [0, 0.1) is 13.8 Å². The lowest BCUT2D eigenvalue weighted by Crippen LogP contribution is -1.88. The summed E-state index contributed by atoms with van der Waals surface area (Å²) in [7, 11) is 0. The number of aromatic hydroxyl groups is 2. The van der Waals surface area contributed by atoms with Gasteiger partial charge in [0.05, 0.1) is 0 Å². The number of hydrogen-bond donors (Lipinski definition) is 2. The summed E-state index contributed by atoms with van der Waals surface area (Å²) >= 11 is 0. The van der Waals surface area contributed by atoms with E-state index in [0.29, 0.717) is 5.56 Å². The van der Waals surface area contributed by atoms with Gasteiger partial charge < -0.3 is 10.2 Å². The molecular weight excluding hydrogens is 200 g/mol. The summed E-state index contributed by atoms with van der Waals surface area (Å²) in [6, 6.07) is 11.0. The fourth-order valence-electron chi connectivity index (χ4n) is 1.97. The zero-order chi connectivity index (χ0) is 11.7. The van der Waals surface area contributed by atoms with Crippen molar-refractivity contribution in [2.24, 2.45) is 0 Å². The van der Waals surface area contributed by atoms with Gasteiger partial charge in [-0.2, -0.15) is 0 Å². The van der Waals surface area contributed by atoms with E-state index in [1.54, 1.807) is 6.07 Å². The molecule has 0 atom stereocenters. The first kappa shape index (κ1) is 10.6. The van der Waals surface area contributed by atoms with Gasteiger partial charge in [0, 0.05) is 5.56 Å². The molecule has 0 aliphatic rings. The van der Waals surface area contributed by atoms with Crippen molar-refractivity contribution in [2.45, 2.75) is 13.8 Å². The Kier molecular flexibility index (Phi) is 2.57. The van der Waals surface area contributed by atoms with Crippen molar-refractivity contribution in [3.63, 3.8) is 0 Å². The Balaban J connectivity index is 2.73. The summed E-state index contributed by atoms with van der Waals surface area (Å²) in [4.78, 5) is 0. The maximum atomic E-state index is 9.85. The molecule has 0 spiro atoms. The highest BCUT2D eigenvalue weighted by Crippen LogP contribution is 2.38. The minimum absolute atomic E-state index is 0.0556. The van der Waals surface area contributed by atoms with E-state index < -0.39 is 0 Å².